The van der Waals surface area contributed by atoms with Gasteiger partial charge in [0.2, 0.25) is 0 Å². The van der Waals surface area contributed by atoms with Crippen molar-refractivity contribution < 1.29 is 14.2 Å². The van der Waals surface area contributed by atoms with Crippen LogP contribution in [0.5, 0.6) is 11.5 Å². The Hall–Kier alpha value is -2.00. The molecule has 1 heterocycles. The van der Waals surface area contributed by atoms with Crippen molar-refractivity contribution in [1.82, 2.24) is 10.6 Å². The summed E-state index contributed by atoms with van der Waals surface area (Å²) in [4.78, 5) is 4.97. The lowest BCUT2D eigenvalue weighted by Crippen LogP contribution is -2.41. The maximum atomic E-state index is 5.66. The van der Waals surface area contributed by atoms with Crippen LogP contribution in [0.4, 0.5) is 0 Å². The number of hydrogen-bond donors (Lipinski definition) is 2. The molecule has 0 spiro atoms. The highest BCUT2D eigenvalue weighted by Crippen LogP contribution is 2.36. The van der Waals surface area contributed by atoms with E-state index in [1.165, 1.54) is 11.1 Å². The molecule has 32 heavy (non-hydrogen) atoms. The van der Waals surface area contributed by atoms with E-state index < -0.39 is 0 Å². The van der Waals surface area contributed by atoms with Crippen molar-refractivity contribution in [3.8, 4) is 11.5 Å². The van der Waals surface area contributed by atoms with Crippen LogP contribution in [-0.4, -0.2) is 53.0 Å². The zero-order valence-electron chi connectivity index (χ0n) is 19.4. The van der Waals surface area contributed by atoms with Crippen molar-refractivity contribution in [3.63, 3.8) is 0 Å². The van der Waals surface area contributed by atoms with Crippen LogP contribution in [0.25, 0.3) is 0 Å². The first kappa shape index (κ1) is 26.3. The van der Waals surface area contributed by atoms with Gasteiger partial charge in [0.05, 0.1) is 20.8 Å². The second-order valence-electron chi connectivity index (χ2n) is 7.84. The van der Waals surface area contributed by atoms with E-state index in [2.05, 4.69) is 41.8 Å². The summed E-state index contributed by atoms with van der Waals surface area (Å²) in [6, 6.07) is 16.6. The monoisotopic (exact) mass is 553 g/mol. The fourth-order valence-electron chi connectivity index (χ4n) is 3.93. The molecular weight excluding hydrogens is 517 g/mol. The van der Waals surface area contributed by atoms with E-state index >= 15 is 0 Å². The van der Waals surface area contributed by atoms with Crippen LogP contribution in [0.15, 0.2) is 53.5 Å². The lowest BCUT2D eigenvalue weighted by atomic mass is 9.74. The summed E-state index contributed by atoms with van der Waals surface area (Å²) in [5.41, 5.74) is 2.56. The zero-order valence-corrected chi connectivity index (χ0v) is 21.7. The molecule has 0 bridgehead atoms. The molecule has 1 aliphatic heterocycles. The zero-order chi connectivity index (χ0) is 21.9. The summed E-state index contributed by atoms with van der Waals surface area (Å²) in [5.74, 6) is 2.62. The number of halogens is 1. The second kappa shape index (κ2) is 13.5. The fraction of sp³-hybridized carbons (Fsp3) is 0.480. The molecule has 0 aliphatic carbocycles. The highest BCUT2D eigenvalue weighted by molar-refractivity contribution is 14.0. The van der Waals surface area contributed by atoms with Gasteiger partial charge < -0.3 is 24.8 Å². The predicted octanol–water partition coefficient (Wildman–Crippen LogP) is 4.17. The topological polar surface area (TPSA) is 64.1 Å². The molecule has 1 aliphatic rings. The van der Waals surface area contributed by atoms with Gasteiger partial charge in [-0.3, -0.25) is 4.99 Å². The van der Waals surface area contributed by atoms with Gasteiger partial charge in [-0.25, -0.2) is 0 Å². The van der Waals surface area contributed by atoms with Crippen molar-refractivity contribution in [2.75, 3.05) is 47.1 Å². The van der Waals surface area contributed by atoms with Crippen molar-refractivity contribution in [1.29, 1.82) is 0 Å². The van der Waals surface area contributed by atoms with Gasteiger partial charge in [0, 0.05) is 31.7 Å². The summed E-state index contributed by atoms with van der Waals surface area (Å²) in [6.45, 7) is 5.99. The molecule has 6 nitrogen and oxygen atoms in total. The van der Waals surface area contributed by atoms with Gasteiger partial charge in [-0.05, 0) is 61.6 Å². The summed E-state index contributed by atoms with van der Waals surface area (Å²) in [7, 11) is 3.39. The Labute approximate surface area is 209 Å². The van der Waals surface area contributed by atoms with Crippen molar-refractivity contribution in [2.24, 2.45) is 4.99 Å². The van der Waals surface area contributed by atoms with Crippen molar-refractivity contribution >= 4 is 29.9 Å². The van der Waals surface area contributed by atoms with E-state index in [0.29, 0.717) is 0 Å². The first-order chi connectivity index (χ1) is 15.2. The van der Waals surface area contributed by atoms with E-state index in [0.717, 1.165) is 69.6 Å². The average Bonchev–Trinajstić information content (AvgIpc) is 2.83. The first-order valence-electron chi connectivity index (χ1n) is 11.1. The normalized spacial score (nSPS) is 15.4. The van der Waals surface area contributed by atoms with Crippen LogP contribution in [0.2, 0.25) is 0 Å². The molecule has 7 heteroatoms. The minimum atomic E-state index is -0.0111. The maximum Gasteiger partial charge on any atom is 0.191 e. The van der Waals surface area contributed by atoms with Gasteiger partial charge in [0.15, 0.2) is 5.96 Å². The molecule has 0 saturated carbocycles. The van der Waals surface area contributed by atoms with Gasteiger partial charge in [0.25, 0.3) is 0 Å². The summed E-state index contributed by atoms with van der Waals surface area (Å²) in [5, 5.41) is 6.86. The highest BCUT2D eigenvalue weighted by atomic mass is 127. The molecule has 1 fully saturated rings. The van der Waals surface area contributed by atoms with Gasteiger partial charge in [0.1, 0.15) is 11.5 Å². The molecule has 0 unspecified atom stereocenters. The molecule has 1 saturated heterocycles. The third-order valence-electron chi connectivity index (χ3n) is 5.90. The number of nitrogens with zero attached hydrogens (tertiary/aromatic N) is 1. The number of hydrogen-bond acceptors (Lipinski definition) is 4. The second-order valence-corrected chi connectivity index (χ2v) is 7.84. The smallest absolute Gasteiger partial charge is 0.191 e. The molecule has 0 aromatic heterocycles. The summed E-state index contributed by atoms with van der Waals surface area (Å²) < 4.78 is 16.2. The number of guanidine groups is 1. The van der Waals surface area contributed by atoms with Gasteiger partial charge in [-0.15, -0.1) is 24.0 Å². The molecule has 2 aromatic rings. The van der Waals surface area contributed by atoms with E-state index in [4.69, 9.17) is 19.2 Å². The van der Waals surface area contributed by atoms with E-state index in [-0.39, 0.29) is 29.4 Å². The molecule has 2 N–H and O–H groups in total. The van der Waals surface area contributed by atoms with Crippen LogP contribution >= 0.6 is 24.0 Å². The third-order valence-corrected chi connectivity index (χ3v) is 5.90. The molecule has 0 atom stereocenters. The largest absolute Gasteiger partial charge is 0.497 e. The molecule has 2 aromatic carbocycles. The molecule has 0 amide bonds. The average molecular weight is 553 g/mol. The Balaban J connectivity index is 0.00000363. The maximum absolute atomic E-state index is 5.66. The lowest BCUT2D eigenvalue weighted by molar-refractivity contribution is 0.0531. The Bertz CT molecular complexity index is 819. The number of aliphatic imine (C=N–C) groups is 1. The van der Waals surface area contributed by atoms with E-state index in [1.807, 2.05) is 24.3 Å². The van der Waals surface area contributed by atoms with Crippen LogP contribution in [0.3, 0.4) is 0 Å². The first-order valence-corrected chi connectivity index (χ1v) is 11.1. The molecule has 3 rings (SSSR count). The van der Waals surface area contributed by atoms with Crippen LogP contribution < -0.4 is 20.1 Å². The Morgan fingerprint density at radius 2 is 1.53 bits per heavy atom. The van der Waals surface area contributed by atoms with Crippen LogP contribution in [0.1, 0.15) is 30.9 Å². The Morgan fingerprint density at radius 1 is 0.938 bits per heavy atom. The lowest BCUT2D eigenvalue weighted by Gasteiger charge is -2.36. The van der Waals surface area contributed by atoms with E-state index in [1.54, 1.807) is 14.2 Å². The third kappa shape index (κ3) is 7.27. The molecule has 0 radical (unpaired) electrons. The van der Waals surface area contributed by atoms with E-state index in [9.17, 15) is 0 Å². The number of methoxy groups -OCH3 is 2. The standard InChI is InChI=1S/C25H35N3O3.HI/c1-4-26-24(27-16-13-20-5-9-22(29-2)10-6-20)28-19-25(14-17-31-18-15-25)21-7-11-23(30-3)12-8-21;/h5-12H,4,13-19H2,1-3H3,(H2,26,27,28);1H. The summed E-state index contributed by atoms with van der Waals surface area (Å²) in [6.07, 6.45) is 2.86. The Kier molecular flexibility index (Phi) is 11.1. The minimum Gasteiger partial charge on any atom is -0.497 e. The minimum absolute atomic E-state index is 0. The Morgan fingerprint density at radius 3 is 2.09 bits per heavy atom. The summed E-state index contributed by atoms with van der Waals surface area (Å²) >= 11 is 0. The number of nitrogens with one attached hydrogen (secondary N) is 2. The quantitative estimate of drug-likeness (QED) is 0.278. The number of rotatable bonds is 9. The van der Waals surface area contributed by atoms with Gasteiger partial charge >= 0.3 is 0 Å². The van der Waals surface area contributed by atoms with Crippen molar-refractivity contribution in [3.05, 3.63) is 59.7 Å². The predicted molar refractivity (Wildman–Crippen MR) is 141 cm³/mol. The highest BCUT2D eigenvalue weighted by Gasteiger charge is 2.34. The van der Waals surface area contributed by atoms with Gasteiger partial charge in [-0.1, -0.05) is 24.3 Å². The SMILES string of the molecule is CCNC(=NCC1(c2ccc(OC)cc2)CCOCC1)NCCc1ccc(OC)cc1.I. The fourth-order valence-corrected chi connectivity index (χ4v) is 3.93. The van der Waals surface area contributed by atoms with Crippen LogP contribution in [-0.2, 0) is 16.6 Å². The van der Waals surface area contributed by atoms with Crippen molar-refractivity contribution in [2.45, 2.75) is 31.6 Å². The number of benzene rings is 2. The van der Waals surface area contributed by atoms with Crippen LogP contribution in [0, 0.1) is 0 Å². The molecule has 176 valence electrons. The molecular formula is C25H36IN3O3. The van der Waals surface area contributed by atoms with Gasteiger partial charge in [-0.2, -0.15) is 0 Å². The number of ether oxygens (including phenoxy) is 3.